The smallest absolute Gasteiger partial charge is 0.224 e. The van der Waals surface area contributed by atoms with Crippen molar-refractivity contribution in [2.45, 2.75) is 13.0 Å². The van der Waals surface area contributed by atoms with Crippen molar-refractivity contribution in [3.63, 3.8) is 0 Å². The molecular weight excluding hydrogens is 374 g/mol. The summed E-state index contributed by atoms with van der Waals surface area (Å²) in [6.45, 7) is 3.08. The van der Waals surface area contributed by atoms with Crippen molar-refractivity contribution < 1.29 is 9.53 Å². The predicted octanol–water partition coefficient (Wildman–Crippen LogP) is 3.55. The number of hydrogen-bond acceptors (Lipinski definition) is 4. The number of pyridine rings is 1. The van der Waals surface area contributed by atoms with Gasteiger partial charge in [-0.05, 0) is 41.3 Å². The van der Waals surface area contributed by atoms with Gasteiger partial charge in [0.2, 0.25) is 5.91 Å². The van der Waals surface area contributed by atoms with Crippen molar-refractivity contribution in [1.82, 2.24) is 15.2 Å². The van der Waals surface area contributed by atoms with Crippen LogP contribution in [0.1, 0.15) is 11.1 Å². The molecule has 1 saturated heterocycles. The van der Waals surface area contributed by atoms with E-state index >= 15 is 0 Å². The SMILES string of the molecule is COc1ccc(CN2CCNC(=O)C(Cc3ccccc3-c3cccnc3)C2)cc1. The third-order valence-corrected chi connectivity index (χ3v) is 5.60. The molecule has 1 amide bonds. The van der Waals surface area contributed by atoms with Crippen LogP contribution in [-0.4, -0.2) is 42.5 Å². The molecule has 30 heavy (non-hydrogen) atoms. The van der Waals surface area contributed by atoms with Crippen LogP contribution < -0.4 is 10.1 Å². The zero-order valence-corrected chi connectivity index (χ0v) is 17.3. The van der Waals surface area contributed by atoms with Gasteiger partial charge in [0.1, 0.15) is 5.75 Å². The highest BCUT2D eigenvalue weighted by molar-refractivity contribution is 5.80. The summed E-state index contributed by atoms with van der Waals surface area (Å²) >= 11 is 0. The zero-order valence-electron chi connectivity index (χ0n) is 17.3. The number of benzene rings is 2. The minimum Gasteiger partial charge on any atom is -0.497 e. The van der Waals surface area contributed by atoms with E-state index in [1.54, 1.807) is 13.3 Å². The van der Waals surface area contributed by atoms with Crippen LogP contribution in [0.25, 0.3) is 11.1 Å². The van der Waals surface area contributed by atoms with Crippen molar-refractivity contribution in [2.75, 3.05) is 26.7 Å². The molecule has 5 nitrogen and oxygen atoms in total. The summed E-state index contributed by atoms with van der Waals surface area (Å²) in [5.74, 6) is 0.896. The predicted molar refractivity (Wildman–Crippen MR) is 118 cm³/mol. The first-order chi connectivity index (χ1) is 14.7. The Hall–Kier alpha value is -3.18. The molecular formula is C25H27N3O2. The molecule has 2 heterocycles. The molecule has 3 aromatic rings. The quantitative estimate of drug-likeness (QED) is 0.686. The number of hydrogen-bond donors (Lipinski definition) is 1. The minimum atomic E-state index is -0.0939. The molecule has 1 N–H and O–H groups in total. The molecule has 1 unspecified atom stereocenters. The van der Waals surface area contributed by atoms with Gasteiger partial charge in [-0.3, -0.25) is 14.7 Å². The fraction of sp³-hybridized carbons (Fsp3) is 0.280. The van der Waals surface area contributed by atoms with E-state index in [2.05, 4.69) is 45.5 Å². The Morgan fingerprint density at radius 1 is 1.10 bits per heavy atom. The maximum Gasteiger partial charge on any atom is 0.224 e. The van der Waals surface area contributed by atoms with E-state index in [1.807, 2.05) is 36.5 Å². The summed E-state index contributed by atoms with van der Waals surface area (Å²) in [6.07, 6.45) is 4.36. The summed E-state index contributed by atoms with van der Waals surface area (Å²) in [6, 6.07) is 20.5. The molecule has 0 aliphatic carbocycles. The molecule has 1 aliphatic heterocycles. The van der Waals surface area contributed by atoms with E-state index in [4.69, 9.17) is 4.74 Å². The Labute approximate surface area is 177 Å². The summed E-state index contributed by atoms with van der Waals surface area (Å²) in [7, 11) is 1.68. The van der Waals surface area contributed by atoms with E-state index in [-0.39, 0.29) is 11.8 Å². The molecule has 2 aromatic carbocycles. The third kappa shape index (κ3) is 4.86. The lowest BCUT2D eigenvalue weighted by atomic mass is 9.92. The van der Waals surface area contributed by atoms with Crippen LogP contribution in [0.15, 0.2) is 73.1 Å². The highest BCUT2D eigenvalue weighted by Crippen LogP contribution is 2.26. The van der Waals surface area contributed by atoms with Gasteiger partial charge in [-0.2, -0.15) is 0 Å². The summed E-state index contributed by atoms with van der Waals surface area (Å²) in [4.78, 5) is 19.4. The molecule has 4 rings (SSSR count). The van der Waals surface area contributed by atoms with Crippen molar-refractivity contribution in [3.05, 3.63) is 84.2 Å². The van der Waals surface area contributed by atoms with Crippen molar-refractivity contribution in [1.29, 1.82) is 0 Å². The van der Waals surface area contributed by atoms with Crippen LogP contribution in [0.3, 0.4) is 0 Å². The molecule has 1 atom stereocenters. The van der Waals surface area contributed by atoms with Crippen molar-refractivity contribution in [2.24, 2.45) is 5.92 Å². The highest BCUT2D eigenvalue weighted by Gasteiger charge is 2.26. The van der Waals surface area contributed by atoms with Gasteiger partial charge in [-0.15, -0.1) is 0 Å². The third-order valence-electron chi connectivity index (χ3n) is 5.60. The topological polar surface area (TPSA) is 54.5 Å². The van der Waals surface area contributed by atoms with Crippen LogP contribution in [0.2, 0.25) is 0 Å². The fourth-order valence-electron chi connectivity index (χ4n) is 4.02. The number of ether oxygens (including phenoxy) is 1. The maximum atomic E-state index is 12.8. The number of aromatic nitrogens is 1. The van der Waals surface area contributed by atoms with Gasteiger partial charge in [0.25, 0.3) is 0 Å². The van der Waals surface area contributed by atoms with Crippen LogP contribution >= 0.6 is 0 Å². The summed E-state index contributed by atoms with van der Waals surface area (Å²) < 4.78 is 5.25. The molecule has 0 radical (unpaired) electrons. The van der Waals surface area contributed by atoms with Gasteiger partial charge in [-0.1, -0.05) is 42.5 Å². The second-order valence-corrected chi connectivity index (χ2v) is 7.67. The highest BCUT2D eigenvalue weighted by atomic mass is 16.5. The fourth-order valence-corrected chi connectivity index (χ4v) is 4.02. The van der Waals surface area contributed by atoms with Gasteiger partial charge < -0.3 is 10.1 Å². The van der Waals surface area contributed by atoms with E-state index in [0.29, 0.717) is 13.0 Å². The van der Waals surface area contributed by atoms with Gasteiger partial charge >= 0.3 is 0 Å². The number of carbonyl (C=O) groups is 1. The van der Waals surface area contributed by atoms with Gasteiger partial charge in [0.05, 0.1) is 13.0 Å². The molecule has 1 aliphatic rings. The lowest BCUT2D eigenvalue weighted by Gasteiger charge is -2.23. The molecule has 1 fully saturated rings. The number of nitrogens with zero attached hydrogens (tertiary/aromatic N) is 2. The minimum absolute atomic E-state index is 0.0939. The second-order valence-electron chi connectivity index (χ2n) is 7.67. The van der Waals surface area contributed by atoms with Crippen molar-refractivity contribution >= 4 is 5.91 Å². The monoisotopic (exact) mass is 401 g/mol. The maximum absolute atomic E-state index is 12.8. The standard InChI is InChI=1S/C25H27N3O2/c1-30-23-10-8-19(9-11-23)17-28-14-13-27-25(29)22(18-28)15-20-5-2-3-7-24(20)21-6-4-12-26-16-21/h2-12,16,22H,13-15,17-18H2,1H3,(H,27,29). The Bertz CT molecular complexity index is 973. The van der Waals surface area contributed by atoms with Crippen LogP contribution in [-0.2, 0) is 17.8 Å². The average Bonchev–Trinajstić information content (AvgIpc) is 2.96. The van der Waals surface area contributed by atoms with Crippen molar-refractivity contribution in [3.8, 4) is 16.9 Å². The molecule has 0 spiro atoms. The average molecular weight is 402 g/mol. The number of methoxy groups -OCH3 is 1. The van der Waals surface area contributed by atoms with E-state index in [0.717, 1.165) is 36.5 Å². The molecule has 1 aromatic heterocycles. The molecule has 154 valence electrons. The first-order valence-electron chi connectivity index (χ1n) is 10.3. The number of rotatable bonds is 6. The Morgan fingerprint density at radius 3 is 2.70 bits per heavy atom. The largest absolute Gasteiger partial charge is 0.497 e. The van der Waals surface area contributed by atoms with Gasteiger partial charge in [-0.25, -0.2) is 0 Å². The lowest BCUT2D eigenvalue weighted by Crippen LogP contribution is -2.33. The Balaban J connectivity index is 1.51. The van der Waals surface area contributed by atoms with E-state index < -0.39 is 0 Å². The Kier molecular flexibility index (Phi) is 6.40. The van der Waals surface area contributed by atoms with Crippen LogP contribution in [0.5, 0.6) is 5.75 Å². The van der Waals surface area contributed by atoms with Crippen LogP contribution in [0, 0.1) is 5.92 Å². The summed E-state index contributed by atoms with van der Waals surface area (Å²) in [5, 5.41) is 3.10. The lowest BCUT2D eigenvalue weighted by molar-refractivity contribution is -0.124. The summed E-state index contributed by atoms with van der Waals surface area (Å²) in [5.41, 5.74) is 4.62. The van der Waals surface area contributed by atoms with Gasteiger partial charge in [0.15, 0.2) is 0 Å². The van der Waals surface area contributed by atoms with E-state index in [9.17, 15) is 4.79 Å². The normalized spacial score (nSPS) is 17.2. The zero-order chi connectivity index (χ0) is 20.8. The second kappa shape index (κ2) is 9.55. The number of carbonyl (C=O) groups excluding carboxylic acids is 1. The first-order valence-corrected chi connectivity index (χ1v) is 10.3. The number of nitrogens with one attached hydrogen (secondary N) is 1. The molecule has 5 heteroatoms. The Morgan fingerprint density at radius 2 is 1.93 bits per heavy atom. The molecule has 0 bridgehead atoms. The van der Waals surface area contributed by atoms with E-state index in [1.165, 1.54) is 11.1 Å². The van der Waals surface area contributed by atoms with Crippen LogP contribution in [0.4, 0.5) is 0 Å². The molecule has 0 saturated carbocycles. The number of amides is 1. The van der Waals surface area contributed by atoms with Gasteiger partial charge in [0, 0.05) is 44.1 Å². The first kappa shape index (κ1) is 20.1.